The van der Waals surface area contributed by atoms with Gasteiger partial charge >= 0.3 is 0 Å². The minimum absolute atomic E-state index is 0.0923. The first-order valence-electron chi connectivity index (χ1n) is 6.61. The number of nitrogens with one attached hydrogen (secondary N) is 1. The fraction of sp³-hybridized carbons (Fsp3) is 0.188. The van der Waals surface area contributed by atoms with Crippen LogP contribution in [-0.2, 0) is 4.79 Å². The van der Waals surface area contributed by atoms with Crippen molar-refractivity contribution in [3.63, 3.8) is 0 Å². The Morgan fingerprint density at radius 3 is 1.81 bits per heavy atom. The predicted octanol–water partition coefficient (Wildman–Crippen LogP) is 4.13. The van der Waals surface area contributed by atoms with E-state index in [9.17, 15) is 4.79 Å². The predicted molar refractivity (Wildman–Crippen MR) is 85.7 cm³/mol. The number of anilines is 2. The fourth-order valence-electron chi connectivity index (χ4n) is 1.75. The molecule has 0 bridgehead atoms. The average Bonchev–Trinajstić information content (AvgIpc) is 2.46. The Labute approximate surface area is 124 Å². The largest absolute Gasteiger partial charge is 0.378 e. The highest BCUT2D eigenvalue weighted by atomic mass is 16.1. The molecule has 0 aliphatic heterocycles. The van der Waals surface area contributed by atoms with Crippen molar-refractivity contribution in [1.29, 1.82) is 0 Å². The zero-order valence-corrected chi connectivity index (χ0v) is 12.4. The minimum Gasteiger partial charge on any atom is -0.378 e. The molecule has 108 valence electrons. The summed E-state index contributed by atoms with van der Waals surface area (Å²) in [5, 5.41) is 11.1. The molecule has 0 aromatic heterocycles. The number of benzene rings is 2. The van der Waals surface area contributed by atoms with Crippen molar-refractivity contribution in [2.75, 3.05) is 24.3 Å². The molecule has 0 spiro atoms. The summed E-state index contributed by atoms with van der Waals surface area (Å²) in [4.78, 5) is 13.0. The number of carbonyl (C=O) groups is 1. The summed E-state index contributed by atoms with van der Waals surface area (Å²) < 4.78 is 0. The lowest BCUT2D eigenvalue weighted by atomic mass is 10.3. The molecule has 0 radical (unpaired) electrons. The van der Waals surface area contributed by atoms with Crippen molar-refractivity contribution >= 4 is 28.7 Å². The van der Waals surface area contributed by atoms with Crippen LogP contribution in [0.25, 0.3) is 0 Å². The zero-order chi connectivity index (χ0) is 15.2. The molecule has 5 nitrogen and oxygen atoms in total. The highest BCUT2D eigenvalue weighted by Crippen LogP contribution is 2.22. The van der Waals surface area contributed by atoms with Gasteiger partial charge in [0.15, 0.2) is 0 Å². The summed E-state index contributed by atoms with van der Waals surface area (Å²) >= 11 is 0. The number of carbonyl (C=O) groups excluding carboxylic acids is 1. The maximum Gasteiger partial charge on any atom is 0.221 e. The van der Waals surface area contributed by atoms with Crippen LogP contribution in [0.15, 0.2) is 58.8 Å². The number of hydrogen-bond acceptors (Lipinski definition) is 4. The molecule has 0 saturated carbocycles. The van der Waals surface area contributed by atoms with E-state index in [-0.39, 0.29) is 5.91 Å². The van der Waals surface area contributed by atoms with Gasteiger partial charge in [0.05, 0.1) is 11.4 Å². The van der Waals surface area contributed by atoms with Gasteiger partial charge in [0, 0.05) is 32.4 Å². The molecule has 5 heteroatoms. The van der Waals surface area contributed by atoms with E-state index in [4.69, 9.17) is 0 Å². The normalized spacial score (nSPS) is 10.6. The molecule has 0 saturated heterocycles. The molecule has 21 heavy (non-hydrogen) atoms. The number of azo groups is 1. The molecule has 0 unspecified atom stereocenters. The quantitative estimate of drug-likeness (QED) is 0.857. The molecule has 0 aliphatic carbocycles. The van der Waals surface area contributed by atoms with E-state index in [0.29, 0.717) is 0 Å². The summed E-state index contributed by atoms with van der Waals surface area (Å²) in [7, 11) is 3.99. The molecule has 0 atom stereocenters. The second kappa shape index (κ2) is 6.65. The van der Waals surface area contributed by atoms with Gasteiger partial charge in [-0.2, -0.15) is 10.2 Å². The van der Waals surface area contributed by atoms with E-state index in [0.717, 1.165) is 22.7 Å². The van der Waals surface area contributed by atoms with Crippen LogP contribution in [-0.4, -0.2) is 20.0 Å². The molecule has 0 aliphatic rings. The van der Waals surface area contributed by atoms with Crippen molar-refractivity contribution < 1.29 is 4.79 Å². The topological polar surface area (TPSA) is 57.1 Å². The first-order valence-corrected chi connectivity index (χ1v) is 6.61. The summed E-state index contributed by atoms with van der Waals surface area (Å²) in [5.74, 6) is -0.0923. The third kappa shape index (κ3) is 4.42. The summed E-state index contributed by atoms with van der Waals surface area (Å²) in [6.45, 7) is 1.48. The number of hydrogen-bond donors (Lipinski definition) is 1. The first-order chi connectivity index (χ1) is 10.0. The standard InChI is InChI=1S/C16H18N4O/c1-12(21)17-13-4-6-14(7-5-13)18-19-15-8-10-16(11-9-15)20(2)3/h4-11H,1-3H3,(H,17,21). The minimum atomic E-state index is -0.0923. The third-order valence-electron chi connectivity index (χ3n) is 2.83. The molecule has 1 N–H and O–H groups in total. The van der Waals surface area contributed by atoms with Crippen molar-refractivity contribution in [3.8, 4) is 0 Å². The molecule has 0 heterocycles. The monoisotopic (exact) mass is 282 g/mol. The van der Waals surface area contributed by atoms with Gasteiger partial charge in [-0.05, 0) is 48.5 Å². The Balaban J connectivity index is 2.05. The molecule has 2 aromatic rings. The smallest absolute Gasteiger partial charge is 0.221 e. The lowest BCUT2D eigenvalue weighted by Crippen LogP contribution is -2.07. The van der Waals surface area contributed by atoms with Gasteiger partial charge in [-0.25, -0.2) is 0 Å². The first kappa shape index (κ1) is 14.7. The fourth-order valence-corrected chi connectivity index (χ4v) is 1.75. The molecular weight excluding hydrogens is 264 g/mol. The van der Waals surface area contributed by atoms with Gasteiger partial charge in [0.1, 0.15) is 0 Å². The maximum atomic E-state index is 10.9. The van der Waals surface area contributed by atoms with E-state index >= 15 is 0 Å². The van der Waals surface area contributed by atoms with Gasteiger partial charge in [-0.3, -0.25) is 4.79 Å². The van der Waals surface area contributed by atoms with Crippen molar-refractivity contribution in [1.82, 2.24) is 0 Å². The van der Waals surface area contributed by atoms with Gasteiger partial charge < -0.3 is 10.2 Å². The van der Waals surface area contributed by atoms with Gasteiger partial charge in [-0.15, -0.1) is 0 Å². The second-order valence-corrected chi connectivity index (χ2v) is 4.84. The van der Waals surface area contributed by atoms with Crippen LogP contribution in [0.1, 0.15) is 6.92 Å². The lowest BCUT2D eigenvalue weighted by molar-refractivity contribution is -0.114. The van der Waals surface area contributed by atoms with Gasteiger partial charge in [0.2, 0.25) is 5.91 Å². The van der Waals surface area contributed by atoms with E-state index in [2.05, 4.69) is 15.5 Å². The summed E-state index contributed by atoms with van der Waals surface area (Å²) in [6, 6.07) is 15.0. The zero-order valence-electron chi connectivity index (χ0n) is 12.4. The number of rotatable bonds is 4. The Morgan fingerprint density at radius 2 is 1.38 bits per heavy atom. The molecule has 0 fully saturated rings. The Bertz CT molecular complexity index is 630. The molecular formula is C16H18N4O. The van der Waals surface area contributed by atoms with Crippen LogP contribution in [0.3, 0.4) is 0 Å². The SMILES string of the molecule is CC(=O)Nc1ccc(N=Nc2ccc(N(C)C)cc2)cc1. The van der Waals surface area contributed by atoms with Gasteiger partial charge in [0.25, 0.3) is 0 Å². The van der Waals surface area contributed by atoms with Crippen LogP contribution in [0, 0.1) is 0 Å². The van der Waals surface area contributed by atoms with E-state index in [1.54, 1.807) is 12.1 Å². The Kier molecular flexibility index (Phi) is 4.66. The second-order valence-electron chi connectivity index (χ2n) is 4.84. The number of nitrogens with zero attached hydrogens (tertiary/aromatic N) is 3. The van der Waals surface area contributed by atoms with Crippen molar-refractivity contribution in [2.45, 2.75) is 6.92 Å². The van der Waals surface area contributed by atoms with Crippen LogP contribution in [0.4, 0.5) is 22.7 Å². The van der Waals surface area contributed by atoms with Crippen LogP contribution in [0.2, 0.25) is 0 Å². The molecule has 1 amide bonds. The van der Waals surface area contributed by atoms with E-state index < -0.39 is 0 Å². The third-order valence-corrected chi connectivity index (χ3v) is 2.83. The van der Waals surface area contributed by atoms with E-state index in [1.165, 1.54) is 6.92 Å². The van der Waals surface area contributed by atoms with Crippen LogP contribution >= 0.6 is 0 Å². The Hall–Kier alpha value is -2.69. The van der Waals surface area contributed by atoms with Crippen molar-refractivity contribution in [2.24, 2.45) is 10.2 Å². The average molecular weight is 282 g/mol. The summed E-state index contributed by atoms with van der Waals surface area (Å²) in [6.07, 6.45) is 0. The van der Waals surface area contributed by atoms with Crippen LogP contribution in [0.5, 0.6) is 0 Å². The van der Waals surface area contributed by atoms with E-state index in [1.807, 2.05) is 55.4 Å². The maximum absolute atomic E-state index is 10.9. The summed E-state index contributed by atoms with van der Waals surface area (Å²) in [5.41, 5.74) is 3.40. The molecule has 2 aromatic carbocycles. The van der Waals surface area contributed by atoms with Crippen LogP contribution < -0.4 is 10.2 Å². The Morgan fingerprint density at radius 1 is 0.905 bits per heavy atom. The molecule has 2 rings (SSSR count). The van der Waals surface area contributed by atoms with Crippen molar-refractivity contribution in [3.05, 3.63) is 48.5 Å². The highest BCUT2D eigenvalue weighted by Gasteiger charge is 1.97. The lowest BCUT2D eigenvalue weighted by Gasteiger charge is -2.11. The van der Waals surface area contributed by atoms with Gasteiger partial charge in [-0.1, -0.05) is 0 Å². The number of amides is 1. The highest BCUT2D eigenvalue weighted by molar-refractivity contribution is 5.88.